The van der Waals surface area contributed by atoms with E-state index < -0.39 is 0 Å². The van der Waals surface area contributed by atoms with Crippen molar-refractivity contribution in [2.75, 3.05) is 0 Å². The van der Waals surface area contributed by atoms with Crippen LogP contribution in [-0.2, 0) is 9.59 Å². The quantitative estimate of drug-likeness (QED) is 0.405. The minimum atomic E-state index is -0.364. The second-order valence-corrected chi connectivity index (χ2v) is 4.51. The van der Waals surface area contributed by atoms with Crippen LogP contribution >= 0.6 is 0 Å². The van der Waals surface area contributed by atoms with E-state index in [9.17, 15) is 9.59 Å². The second-order valence-electron chi connectivity index (χ2n) is 4.51. The number of hydrogen-bond donors (Lipinski definition) is 0. The molecule has 1 fully saturated rings. The first-order valence-electron chi connectivity index (χ1n) is 5.75. The van der Waals surface area contributed by atoms with Gasteiger partial charge >= 0.3 is 0 Å². The van der Waals surface area contributed by atoms with E-state index in [-0.39, 0.29) is 17.1 Å². The highest BCUT2D eigenvalue weighted by Crippen LogP contribution is 2.51. The van der Waals surface area contributed by atoms with E-state index in [0.717, 1.165) is 32.0 Å². The van der Waals surface area contributed by atoms with Gasteiger partial charge in [0.05, 0.1) is 5.92 Å². The van der Waals surface area contributed by atoms with Gasteiger partial charge in [0.1, 0.15) is 6.29 Å². The lowest BCUT2D eigenvalue weighted by atomic mass is 9.68. The normalized spacial score (nSPS) is 32.1. The fourth-order valence-electron chi connectivity index (χ4n) is 2.97. The molecule has 1 saturated carbocycles. The lowest BCUT2D eigenvalue weighted by Crippen LogP contribution is -2.31. The zero-order valence-electron chi connectivity index (χ0n) is 9.74. The minimum Gasteiger partial charge on any atom is -0.303 e. The molecule has 0 N–H and O–H groups in total. The third-order valence-corrected chi connectivity index (χ3v) is 3.92. The summed E-state index contributed by atoms with van der Waals surface area (Å²) in [4.78, 5) is 22.3. The Labute approximate surface area is 97.1 Å². The minimum absolute atomic E-state index is 0.0287. The predicted molar refractivity (Wildman–Crippen MR) is 63.7 cm³/mol. The first-order valence-corrected chi connectivity index (χ1v) is 5.75. The number of carbonyl (C=O) groups is 2. The highest BCUT2D eigenvalue weighted by molar-refractivity contribution is 6.02. The second kappa shape index (κ2) is 5.12. The van der Waals surface area contributed by atoms with Crippen LogP contribution in [0.2, 0.25) is 0 Å². The van der Waals surface area contributed by atoms with Gasteiger partial charge in [-0.05, 0) is 43.6 Å². The van der Waals surface area contributed by atoms with Gasteiger partial charge in [0.25, 0.3) is 0 Å². The van der Waals surface area contributed by atoms with Gasteiger partial charge in [-0.3, -0.25) is 4.79 Å². The zero-order valence-corrected chi connectivity index (χ0v) is 9.74. The van der Waals surface area contributed by atoms with Crippen molar-refractivity contribution in [1.82, 2.24) is 0 Å². The molecule has 2 aliphatic carbocycles. The third-order valence-electron chi connectivity index (χ3n) is 3.92. The van der Waals surface area contributed by atoms with Gasteiger partial charge in [-0.1, -0.05) is 12.5 Å². The van der Waals surface area contributed by atoms with Gasteiger partial charge < -0.3 is 4.79 Å². The molecule has 2 heteroatoms. The summed E-state index contributed by atoms with van der Waals surface area (Å²) < 4.78 is 0. The molecule has 2 aliphatic rings. The molecular formula is C14H18O2. The Morgan fingerprint density at radius 1 is 1.56 bits per heavy atom. The van der Waals surface area contributed by atoms with Crippen LogP contribution in [0.1, 0.15) is 39.0 Å². The van der Waals surface area contributed by atoms with Crippen molar-refractivity contribution < 1.29 is 9.59 Å². The Morgan fingerprint density at radius 3 is 2.81 bits per heavy atom. The predicted octanol–water partition coefficient (Wildman–Crippen LogP) is 2.53. The fraction of sp³-hybridized carbons (Fsp3) is 0.571. The average Bonchev–Trinajstić information content (AvgIpc) is 2.74. The number of aldehydes is 1. The monoisotopic (exact) mass is 218 g/mol. The maximum Gasteiger partial charge on any atom is 0.165 e. The number of allylic oxidation sites excluding steroid dienone is 2. The molecular weight excluding hydrogens is 200 g/mol. The van der Waals surface area contributed by atoms with Crippen molar-refractivity contribution in [3.05, 3.63) is 11.6 Å². The number of rotatable bonds is 2. The summed E-state index contributed by atoms with van der Waals surface area (Å²) in [6.07, 6.45) is 15.8. The van der Waals surface area contributed by atoms with E-state index in [1.165, 1.54) is 12.0 Å². The smallest absolute Gasteiger partial charge is 0.165 e. The van der Waals surface area contributed by atoms with Gasteiger partial charge in [-0.25, -0.2) is 0 Å². The molecule has 0 saturated heterocycles. The molecule has 0 radical (unpaired) electrons. The maximum absolute atomic E-state index is 11.5. The maximum atomic E-state index is 11.5. The summed E-state index contributed by atoms with van der Waals surface area (Å²) in [5, 5.41) is 0. The van der Waals surface area contributed by atoms with Crippen LogP contribution in [0.15, 0.2) is 11.6 Å². The largest absolute Gasteiger partial charge is 0.303 e. The molecule has 0 bridgehead atoms. The lowest BCUT2D eigenvalue weighted by molar-refractivity contribution is -0.125. The SMILES string of the molecule is C#C.CC[C@@]12CCCC1=CC(=O)C(C=O)C2. The van der Waals surface area contributed by atoms with Crippen molar-refractivity contribution in [3.63, 3.8) is 0 Å². The molecule has 0 aromatic carbocycles. The molecule has 2 rings (SSSR count). The van der Waals surface area contributed by atoms with Crippen molar-refractivity contribution in [2.45, 2.75) is 39.0 Å². The van der Waals surface area contributed by atoms with Gasteiger partial charge in [0, 0.05) is 0 Å². The van der Waals surface area contributed by atoms with Gasteiger partial charge in [-0.15, -0.1) is 12.8 Å². The van der Waals surface area contributed by atoms with E-state index in [1.807, 2.05) is 0 Å². The summed E-state index contributed by atoms with van der Waals surface area (Å²) in [5.41, 5.74) is 1.50. The number of hydrogen-bond acceptors (Lipinski definition) is 2. The molecule has 0 aromatic rings. The number of ketones is 1. The van der Waals surface area contributed by atoms with Crippen molar-refractivity contribution in [3.8, 4) is 12.8 Å². The third kappa shape index (κ3) is 1.95. The Kier molecular flexibility index (Phi) is 4.06. The molecule has 0 spiro atoms. The van der Waals surface area contributed by atoms with Crippen molar-refractivity contribution in [1.29, 1.82) is 0 Å². The first kappa shape index (κ1) is 12.7. The van der Waals surface area contributed by atoms with E-state index in [0.29, 0.717) is 0 Å². The molecule has 1 unspecified atom stereocenters. The van der Waals surface area contributed by atoms with Crippen LogP contribution < -0.4 is 0 Å². The van der Waals surface area contributed by atoms with Gasteiger partial charge in [0.2, 0.25) is 0 Å². The molecule has 86 valence electrons. The summed E-state index contributed by atoms with van der Waals surface area (Å²) in [6.45, 7) is 2.16. The molecule has 16 heavy (non-hydrogen) atoms. The molecule has 0 aliphatic heterocycles. The number of terminal acetylenes is 1. The fourth-order valence-corrected chi connectivity index (χ4v) is 2.97. The van der Waals surface area contributed by atoms with Crippen LogP contribution in [0.3, 0.4) is 0 Å². The Bertz CT molecular complexity index is 338. The van der Waals surface area contributed by atoms with Crippen molar-refractivity contribution in [2.24, 2.45) is 11.3 Å². The summed E-state index contributed by atoms with van der Waals surface area (Å²) in [5.74, 6) is -0.335. The van der Waals surface area contributed by atoms with Crippen molar-refractivity contribution >= 4 is 12.1 Å². The first-order chi connectivity index (χ1) is 7.72. The Morgan fingerprint density at radius 2 is 2.25 bits per heavy atom. The van der Waals surface area contributed by atoms with Crippen LogP contribution in [0, 0.1) is 24.2 Å². The highest BCUT2D eigenvalue weighted by Gasteiger charge is 2.43. The van der Waals surface area contributed by atoms with E-state index in [2.05, 4.69) is 19.8 Å². The van der Waals surface area contributed by atoms with Crippen LogP contribution in [0.25, 0.3) is 0 Å². The Balaban J connectivity index is 0.000000606. The standard InChI is InChI=1S/C12H16O2.C2H2/c1-2-12-5-3-4-10(12)6-11(14)9(7-12)8-13;1-2/h6,8-9H,2-5,7H2,1H3;1-2H/t9?,12-;/m0./s1. The molecule has 0 aromatic heterocycles. The number of fused-ring (bicyclic) bond motifs is 1. The average molecular weight is 218 g/mol. The number of carbonyl (C=O) groups excluding carboxylic acids is 2. The summed E-state index contributed by atoms with van der Waals surface area (Å²) >= 11 is 0. The highest BCUT2D eigenvalue weighted by atomic mass is 16.1. The van der Waals surface area contributed by atoms with Crippen LogP contribution in [0.4, 0.5) is 0 Å². The lowest BCUT2D eigenvalue weighted by Gasteiger charge is -2.34. The van der Waals surface area contributed by atoms with E-state index >= 15 is 0 Å². The topological polar surface area (TPSA) is 34.1 Å². The Hall–Kier alpha value is -1.36. The van der Waals surface area contributed by atoms with E-state index in [1.54, 1.807) is 6.08 Å². The van der Waals surface area contributed by atoms with Crippen LogP contribution in [-0.4, -0.2) is 12.1 Å². The summed E-state index contributed by atoms with van der Waals surface area (Å²) in [6, 6.07) is 0. The molecule has 0 heterocycles. The summed E-state index contributed by atoms with van der Waals surface area (Å²) in [7, 11) is 0. The van der Waals surface area contributed by atoms with Crippen LogP contribution in [0.5, 0.6) is 0 Å². The molecule has 2 atom stereocenters. The van der Waals surface area contributed by atoms with Gasteiger partial charge in [0.15, 0.2) is 5.78 Å². The molecule has 0 amide bonds. The van der Waals surface area contributed by atoms with E-state index in [4.69, 9.17) is 0 Å². The van der Waals surface area contributed by atoms with Gasteiger partial charge in [-0.2, -0.15) is 0 Å². The zero-order chi connectivity index (χ0) is 12.2. The molecule has 2 nitrogen and oxygen atoms in total.